The SMILES string of the molecule is CCCNc1nc(OCC)nc(N(C)CCC(C)C)n1. The average Bonchev–Trinajstić information content (AvgIpc) is 2.42. The Hall–Kier alpha value is -1.59. The van der Waals surface area contributed by atoms with Gasteiger partial charge >= 0.3 is 6.01 Å². The first kappa shape index (κ1) is 16.5. The lowest BCUT2D eigenvalue weighted by atomic mass is 10.1. The second kappa shape index (κ2) is 8.55. The highest BCUT2D eigenvalue weighted by Crippen LogP contribution is 2.15. The number of nitrogens with one attached hydrogen (secondary N) is 1. The number of hydrogen-bond donors (Lipinski definition) is 1. The first-order valence-corrected chi connectivity index (χ1v) is 7.40. The van der Waals surface area contributed by atoms with E-state index in [1.54, 1.807) is 0 Å². The summed E-state index contributed by atoms with van der Waals surface area (Å²) in [5.41, 5.74) is 0. The molecule has 0 bridgehead atoms. The highest BCUT2D eigenvalue weighted by atomic mass is 16.5. The van der Waals surface area contributed by atoms with E-state index in [0.29, 0.717) is 30.4 Å². The molecule has 0 fully saturated rings. The maximum absolute atomic E-state index is 5.41. The van der Waals surface area contributed by atoms with E-state index in [2.05, 4.69) is 41.0 Å². The molecule has 0 saturated carbocycles. The minimum Gasteiger partial charge on any atom is -0.464 e. The molecule has 0 aromatic carbocycles. The molecule has 1 rings (SSSR count). The van der Waals surface area contributed by atoms with E-state index < -0.39 is 0 Å². The fourth-order valence-electron chi connectivity index (χ4n) is 1.58. The minimum absolute atomic E-state index is 0.382. The summed E-state index contributed by atoms with van der Waals surface area (Å²) in [7, 11) is 2.00. The summed E-state index contributed by atoms with van der Waals surface area (Å²) in [4.78, 5) is 15.1. The summed E-state index contributed by atoms with van der Waals surface area (Å²) >= 11 is 0. The molecule has 0 saturated heterocycles. The van der Waals surface area contributed by atoms with Crippen molar-refractivity contribution >= 4 is 11.9 Å². The van der Waals surface area contributed by atoms with Crippen molar-refractivity contribution < 1.29 is 4.74 Å². The summed E-state index contributed by atoms with van der Waals surface area (Å²) in [6.07, 6.45) is 2.12. The van der Waals surface area contributed by atoms with E-state index >= 15 is 0 Å². The molecule has 0 unspecified atom stereocenters. The van der Waals surface area contributed by atoms with Gasteiger partial charge in [0.25, 0.3) is 0 Å². The van der Waals surface area contributed by atoms with Crippen molar-refractivity contribution in [2.45, 2.75) is 40.5 Å². The van der Waals surface area contributed by atoms with Crippen LogP contribution < -0.4 is 15.0 Å². The van der Waals surface area contributed by atoms with Crippen LogP contribution in [0, 0.1) is 5.92 Å². The Morgan fingerprint density at radius 1 is 1.20 bits per heavy atom. The fourth-order valence-corrected chi connectivity index (χ4v) is 1.58. The topological polar surface area (TPSA) is 63.2 Å². The van der Waals surface area contributed by atoms with E-state index in [1.807, 2.05) is 18.9 Å². The van der Waals surface area contributed by atoms with Crippen LogP contribution in [0.3, 0.4) is 0 Å². The number of aromatic nitrogens is 3. The third-order valence-electron chi connectivity index (χ3n) is 2.79. The summed E-state index contributed by atoms with van der Waals surface area (Å²) in [6.45, 7) is 10.7. The van der Waals surface area contributed by atoms with Crippen LogP contribution in [0.5, 0.6) is 6.01 Å². The third kappa shape index (κ3) is 5.59. The molecule has 0 amide bonds. The van der Waals surface area contributed by atoms with Gasteiger partial charge in [0.2, 0.25) is 11.9 Å². The molecule has 0 aliphatic heterocycles. The monoisotopic (exact) mass is 281 g/mol. The lowest BCUT2D eigenvalue weighted by Gasteiger charge is -2.19. The Kier molecular flexibility index (Phi) is 7.04. The Balaban J connectivity index is 2.83. The molecule has 0 aliphatic carbocycles. The molecule has 0 aliphatic rings. The average molecular weight is 281 g/mol. The summed E-state index contributed by atoms with van der Waals surface area (Å²) in [5.74, 6) is 1.89. The zero-order valence-electron chi connectivity index (χ0n) is 13.3. The number of ether oxygens (including phenoxy) is 1. The molecule has 0 radical (unpaired) electrons. The van der Waals surface area contributed by atoms with Gasteiger partial charge in [0.05, 0.1) is 6.61 Å². The predicted molar refractivity (Wildman–Crippen MR) is 82.5 cm³/mol. The molecule has 1 aromatic rings. The van der Waals surface area contributed by atoms with Gasteiger partial charge in [0.1, 0.15) is 0 Å². The predicted octanol–water partition coefficient (Wildman–Crippen LogP) is 2.57. The van der Waals surface area contributed by atoms with Gasteiger partial charge in [0.15, 0.2) is 0 Å². The van der Waals surface area contributed by atoms with Gasteiger partial charge in [0, 0.05) is 20.1 Å². The largest absolute Gasteiger partial charge is 0.464 e. The number of rotatable bonds is 9. The normalized spacial score (nSPS) is 10.7. The maximum atomic E-state index is 5.41. The van der Waals surface area contributed by atoms with Gasteiger partial charge in [-0.05, 0) is 25.7 Å². The molecular formula is C14H27N5O. The molecule has 114 valence electrons. The molecule has 1 N–H and O–H groups in total. The third-order valence-corrected chi connectivity index (χ3v) is 2.79. The molecule has 6 heteroatoms. The number of hydrogen-bond acceptors (Lipinski definition) is 6. The van der Waals surface area contributed by atoms with Crippen LogP contribution in [-0.4, -0.2) is 41.7 Å². The molecule has 20 heavy (non-hydrogen) atoms. The summed E-state index contributed by atoms with van der Waals surface area (Å²) in [5, 5.41) is 3.18. The van der Waals surface area contributed by atoms with Crippen molar-refractivity contribution in [3.8, 4) is 6.01 Å². The molecule has 0 spiro atoms. The van der Waals surface area contributed by atoms with Crippen LogP contribution in [0.25, 0.3) is 0 Å². The van der Waals surface area contributed by atoms with Gasteiger partial charge in [-0.2, -0.15) is 15.0 Å². The van der Waals surface area contributed by atoms with Gasteiger partial charge in [-0.1, -0.05) is 20.8 Å². The van der Waals surface area contributed by atoms with Crippen LogP contribution in [0.15, 0.2) is 0 Å². The van der Waals surface area contributed by atoms with Crippen molar-refractivity contribution in [1.29, 1.82) is 0 Å². The Labute approximate surface area is 122 Å². The van der Waals surface area contributed by atoms with Gasteiger partial charge < -0.3 is 15.0 Å². The van der Waals surface area contributed by atoms with Crippen LogP contribution in [-0.2, 0) is 0 Å². The standard InChI is InChI=1S/C14H27N5O/c1-6-9-15-12-16-13(18-14(17-12)20-7-2)19(5)10-8-11(3)4/h11H,6-10H2,1-5H3,(H,15,16,17,18). The lowest BCUT2D eigenvalue weighted by Crippen LogP contribution is -2.23. The lowest BCUT2D eigenvalue weighted by molar-refractivity contribution is 0.312. The van der Waals surface area contributed by atoms with Crippen LogP contribution in [0.4, 0.5) is 11.9 Å². The van der Waals surface area contributed by atoms with Crippen molar-refractivity contribution in [1.82, 2.24) is 15.0 Å². The van der Waals surface area contributed by atoms with E-state index in [0.717, 1.165) is 25.9 Å². The number of anilines is 2. The minimum atomic E-state index is 0.382. The van der Waals surface area contributed by atoms with Crippen molar-refractivity contribution in [3.05, 3.63) is 0 Å². The fraction of sp³-hybridized carbons (Fsp3) is 0.786. The highest BCUT2D eigenvalue weighted by molar-refractivity contribution is 5.37. The van der Waals surface area contributed by atoms with E-state index in [9.17, 15) is 0 Å². The van der Waals surface area contributed by atoms with Crippen LogP contribution >= 0.6 is 0 Å². The van der Waals surface area contributed by atoms with E-state index in [1.165, 1.54) is 0 Å². The molecule has 0 atom stereocenters. The van der Waals surface area contributed by atoms with Crippen molar-refractivity contribution in [2.24, 2.45) is 5.92 Å². The van der Waals surface area contributed by atoms with Crippen molar-refractivity contribution in [2.75, 3.05) is 37.0 Å². The Morgan fingerprint density at radius 2 is 1.95 bits per heavy atom. The van der Waals surface area contributed by atoms with Gasteiger partial charge in [-0.25, -0.2) is 0 Å². The Bertz CT molecular complexity index is 397. The maximum Gasteiger partial charge on any atom is 0.323 e. The molecular weight excluding hydrogens is 254 g/mol. The van der Waals surface area contributed by atoms with E-state index in [-0.39, 0.29) is 0 Å². The van der Waals surface area contributed by atoms with Gasteiger partial charge in [-0.3, -0.25) is 0 Å². The summed E-state index contributed by atoms with van der Waals surface area (Å²) < 4.78 is 5.41. The summed E-state index contributed by atoms with van der Waals surface area (Å²) in [6, 6.07) is 0.382. The second-order valence-electron chi connectivity index (χ2n) is 5.21. The molecule has 6 nitrogen and oxygen atoms in total. The second-order valence-corrected chi connectivity index (χ2v) is 5.21. The smallest absolute Gasteiger partial charge is 0.323 e. The molecule has 1 aromatic heterocycles. The Morgan fingerprint density at radius 3 is 2.55 bits per heavy atom. The van der Waals surface area contributed by atoms with E-state index in [4.69, 9.17) is 4.74 Å². The first-order valence-electron chi connectivity index (χ1n) is 7.40. The number of nitrogens with zero attached hydrogens (tertiary/aromatic N) is 4. The van der Waals surface area contributed by atoms with Crippen LogP contribution in [0.2, 0.25) is 0 Å². The zero-order valence-corrected chi connectivity index (χ0v) is 13.3. The van der Waals surface area contributed by atoms with Crippen molar-refractivity contribution in [3.63, 3.8) is 0 Å². The molecule has 1 heterocycles. The quantitative estimate of drug-likeness (QED) is 0.750. The highest BCUT2D eigenvalue weighted by Gasteiger charge is 2.11. The van der Waals surface area contributed by atoms with Gasteiger partial charge in [-0.15, -0.1) is 0 Å². The zero-order chi connectivity index (χ0) is 15.0. The van der Waals surface area contributed by atoms with Crippen LogP contribution in [0.1, 0.15) is 40.5 Å². The first-order chi connectivity index (χ1) is 9.56.